The van der Waals surface area contributed by atoms with Crippen LogP contribution >= 0.6 is 11.3 Å². The number of fused-ring (bicyclic) bond motifs is 2. The Labute approximate surface area is 203 Å². The number of pyridine rings is 1. The van der Waals surface area contributed by atoms with Gasteiger partial charge in [0.25, 0.3) is 0 Å². The molecule has 0 saturated carbocycles. The summed E-state index contributed by atoms with van der Waals surface area (Å²) >= 11 is 1.70. The molecule has 0 radical (unpaired) electrons. The van der Waals surface area contributed by atoms with E-state index in [1.165, 1.54) is 10.3 Å². The minimum atomic E-state index is -0.386. The summed E-state index contributed by atoms with van der Waals surface area (Å²) in [5, 5.41) is 9.46. The average Bonchev–Trinajstić information content (AvgIpc) is 3.30. The third-order valence-electron chi connectivity index (χ3n) is 5.86. The number of benzene rings is 1. The second-order valence-corrected chi connectivity index (χ2v) is 10.7. The van der Waals surface area contributed by atoms with Crippen molar-refractivity contribution in [1.29, 1.82) is 0 Å². The highest BCUT2D eigenvalue weighted by molar-refractivity contribution is 7.17. The van der Waals surface area contributed by atoms with Gasteiger partial charge in [-0.15, -0.1) is 11.3 Å². The lowest BCUT2D eigenvalue weighted by Crippen LogP contribution is -2.36. The lowest BCUT2D eigenvalue weighted by molar-refractivity contribution is -0.00585. The highest BCUT2D eigenvalue weighted by Crippen LogP contribution is 2.27. The first-order valence-corrected chi connectivity index (χ1v) is 12.8. The molecule has 4 heterocycles. The van der Waals surface area contributed by atoms with Gasteiger partial charge in [0.15, 0.2) is 5.76 Å². The SMILES string of the molecule is CC(C)(C)O/N=c1\cc(-c2cc3sccc3cn2)oc2ccc(CCCN3CCOCC3)cc12. The molecule has 1 fully saturated rings. The van der Waals surface area contributed by atoms with Crippen LogP contribution in [0.25, 0.3) is 32.5 Å². The quantitative estimate of drug-likeness (QED) is 0.338. The zero-order valence-corrected chi connectivity index (χ0v) is 20.9. The monoisotopic (exact) mass is 477 g/mol. The predicted octanol–water partition coefficient (Wildman–Crippen LogP) is 5.61. The summed E-state index contributed by atoms with van der Waals surface area (Å²) in [6.07, 6.45) is 4.00. The summed E-state index contributed by atoms with van der Waals surface area (Å²) in [6.45, 7) is 10.8. The number of hydrogen-bond donors (Lipinski definition) is 0. The van der Waals surface area contributed by atoms with Crippen molar-refractivity contribution in [2.24, 2.45) is 5.16 Å². The molecule has 0 amide bonds. The smallest absolute Gasteiger partial charge is 0.155 e. The van der Waals surface area contributed by atoms with Gasteiger partial charge in [-0.25, -0.2) is 0 Å². The fourth-order valence-corrected chi connectivity index (χ4v) is 4.88. The molecule has 1 aliphatic heterocycles. The number of aromatic nitrogens is 1. The molecule has 6 nitrogen and oxygen atoms in total. The summed E-state index contributed by atoms with van der Waals surface area (Å²) in [4.78, 5) is 12.9. The Morgan fingerprint density at radius 2 is 1.97 bits per heavy atom. The molecule has 34 heavy (non-hydrogen) atoms. The fourth-order valence-electron chi connectivity index (χ4n) is 4.08. The Bertz CT molecular complexity index is 1350. The Morgan fingerprint density at radius 3 is 2.79 bits per heavy atom. The molecular formula is C27H31N3O3S. The molecule has 1 saturated heterocycles. The van der Waals surface area contributed by atoms with E-state index in [0.717, 1.165) is 73.1 Å². The van der Waals surface area contributed by atoms with E-state index < -0.39 is 0 Å². The maximum atomic E-state index is 6.31. The Kier molecular flexibility index (Phi) is 6.68. The van der Waals surface area contributed by atoms with Crippen molar-refractivity contribution >= 4 is 32.4 Å². The van der Waals surface area contributed by atoms with Gasteiger partial charge in [0, 0.05) is 40.8 Å². The zero-order chi connectivity index (χ0) is 23.5. The number of nitrogens with zero attached hydrogens (tertiary/aromatic N) is 3. The third-order valence-corrected chi connectivity index (χ3v) is 6.74. The summed E-state index contributed by atoms with van der Waals surface area (Å²) < 4.78 is 12.9. The van der Waals surface area contributed by atoms with Crippen molar-refractivity contribution in [2.75, 3.05) is 32.8 Å². The van der Waals surface area contributed by atoms with Crippen LogP contribution in [0.3, 0.4) is 0 Å². The predicted molar refractivity (Wildman–Crippen MR) is 137 cm³/mol. The normalized spacial score (nSPS) is 15.9. The van der Waals surface area contributed by atoms with Crippen LogP contribution in [0.1, 0.15) is 32.8 Å². The fraction of sp³-hybridized carbons (Fsp3) is 0.407. The van der Waals surface area contributed by atoms with E-state index in [0.29, 0.717) is 5.76 Å². The van der Waals surface area contributed by atoms with Crippen LogP contribution in [0.2, 0.25) is 0 Å². The van der Waals surface area contributed by atoms with Gasteiger partial charge in [0.2, 0.25) is 0 Å². The van der Waals surface area contributed by atoms with E-state index in [4.69, 9.17) is 14.0 Å². The number of hydrogen-bond acceptors (Lipinski definition) is 7. The number of morpholine rings is 1. The van der Waals surface area contributed by atoms with E-state index in [-0.39, 0.29) is 5.60 Å². The van der Waals surface area contributed by atoms with Crippen molar-refractivity contribution < 1.29 is 14.0 Å². The molecule has 0 spiro atoms. The molecule has 1 aromatic carbocycles. The lowest BCUT2D eigenvalue weighted by atomic mass is 10.1. The molecule has 4 aromatic rings. The summed E-state index contributed by atoms with van der Waals surface area (Å²) in [7, 11) is 0. The van der Waals surface area contributed by atoms with E-state index in [2.05, 4.69) is 44.7 Å². The molecule has 5 rings (SSSR count). The molecule has 0 N–H and O–H groups in total. The van der Waals surface area contributed by atoms with Crippen LogP contribution in [-0.4, -0.2) is 48.3 Å². The van der Waals surface area contributed by atoms with Gasteiger partial charge in [-0.2, -0.15) is 0 Å². The first-order valence-electron chi connectivity index (χ1n) is 11.9. The molecule has 0 bridgehead atoms. The maximum Gasteiger partial charge on any atom is 0.155 e. The molecule has 178 valence electrons. The van der Waals surface area contributed by atoms with Gasteiger partial charge < -0.3 is 14.0 Å². The second-order valence-electron chi connectivity index (χ2n) is 9.71. The molecule has 0 aliphatic carbocycles. The minimum absolute atomic E-state index is 0.386. The first-order chi connectivity index (χ1) is 16.4. The molecule has 3 aromatic heterocycles. The van der Waals surface area contributed by atoms with Gasteiger partial charge in [-0.3, -0.25) is 9.88 Å². The zero-order valence-electron chi connectivity index (χ0n) is 20.0. The van der Waals surface area contributed by atoms with Crippen molar-refractivity contribution in [1.82, 2.24) is 9.88 Å². The lowest BCUT2D eigenvalue weighted by Gasteiger charge is -2.26. The molecule has 0 atom stereocenters. The molecular weight excluding hydrogens is 446 g/mol. The van der Waals surface area contributed by atoms with Crippen LogP contribution in [0.15, 0.2) is 57.5 Å². The van der Waals surface area contributed by atoms with Gasteiger partial charge in [-0.05, 0) is 75.4 Å². The number of aryl methyl sites for hydroxylation is 1. The Morgan fingerprint density at radius 1 is 1.12 bits per heavy atom. The second kappa shape index (κ2) is 9.86. The van der Waals surface area contributed by atoms with Crippen molar-refractivity contribution in [2.45, 2.75) is 39.2 Å². The number of rotatable bonds is 6. The number of thiophene rings is 1. The molecule has 0 unspecified atom stereocenters. The van der Waals surface area contributed by atoms with E-state index >= 15 is 0 Å². The van der Waals surface area contributed by atoms with Crippen LogP contribution in [-0.2, 0) is 16.0 Å². The van der Waals surface area contributed by atoms with Crippen molar-refractivity contribution in [3.05, 3.63) is 58.9 Å². The van der Waals surface area contributed by atoms with Gasteiger partial charge >= 0.3 is 0 Å². The van der Waals surface area contributed by atoms with Crippen LogP contribution < -0.4 is 5.36 Å². The summed E-state index contributed by atoms with van der Waals surface area (Å²) in [5.74, 6) is 0.680. The summed E-state index contributed by atoms with van der Waals surface area (Å²) in [5.41, 5.74) is 2.45. The standard InChI is InChI=1S/C27H31N3O3S/c1-27(2,3)33-29-22-16-25(23-17-26-20(18-28-23)8-14-34-26)32-24-7-6-19(15-21(22)24)5-4-9-30-10-12-31-13-11-30/h6-8,14-18H,4-5,9-13H2,1-3H3/b29-22+. The maximum absolute atomic E-state index is 6.31. The summed E-state index contributed by atoms with van der Waals surface area (Å²) in [6, 6.07) is 12.5. The average molecular weight is 478 g/mol. The number of ether oxygens (including phenoxy) is 1. The van der Waals surface area contributed by atoms with Gasteiger partial charge in [0.1, 0.15) is 22.2 Å². The van der Waals surface area contributed by atoms with Gasteiger partial charge in [0.05, 0.1) is 13.2 Å². The largest absolute Gasteiger partial charge is 0.454 e. The van der Waals surface area contributed by atoms with Crippen molar-refractivity contribution in [3.63, 3.8) is 0 Å². The van der Waals surface area contributed by atoms with E-state index in [9.17, 15) is 0 Å². The Hall–Kier alpha value is -2.74. The Balaban J connectivity index is 1.47. The van der Waals surface area contributed by atoms with Crippen LogP contribution in [0.5, 0.6) is 0 Å². The van der Waals surface area contributed by atoms with Crippen LogP contribution in [0.4, 0.5) is 0 Å². The van der Waals surface area contributed by atoms with Crippen molar-refractivity contribution in [3.8, 4) is 11.5 Å². The minimum Gasteiger partial charge on any atom is -0.454 e. The molecule has 1 aliphatic rings. The third kappa shape index (κ3) is 5.49. The van der Waals surface area contributed by atoms with Gasteiger partial charge in [-0.1, -0.05) is 11.2 Å². The van der Waals surface area contributed by atoms with E-state index in [1.54, 1.807) is 11.3 Å². The first kappa shape index (κ1) is 23.0. The van der Waals surface area contributed by atoms with Crippen LogP contribution in [0, 0.1) is 0 Å². The van der Waals surface area contributed by atoms with E-state index in [1.807, 2.05) is 39.1 Å². The topological polar surface area (TPSA) is 60.1 Å². The highest BCUT2D eigenvalue weighted by Gasteiger charge is 2.14. The highest BCUT2D eigenvalue weighted by atomic mass is 32.1. The molecule has 7 heteroatoms.